The summed E-state index contributed by atoms with van der Waals surface area (Å²) in [7, 11) is 1.70. The number of aliphatic hydroxyl groups is 1. The SMILES string of the molecule is COc1cccc(CCCCCOc2ccc(CNCCO)c3occc23)c1. The number of hydrogen-bond donors (Lipinski definition) is 2. The van der Waals surface area contributed by atoms with Crippen LogP contribution in [0.4, 0.5) is 0 Å². The zero-order valence-corrected chi connectivity index (χ0v) is 16.4. The largest absolute Gasteiger partial charge is 0.497 e. The Hall–Kier alpha value is -2.50. The van der Waals surface area contributed by atoms with Gasteiger partial charge in [0.05, 0.1) is 32.0 Å². The predicted molar refractivity (Wildman–Crippen MR) is 111 cm³/mol. The lowest BCUT2D eigenvalue weighted by Crippen LogP contribution is -2.17. The molecule has 0 aliphatic rings. The summed E-state index contributed by atoms with van der Waals surface area (Å²) in [6.07, 6.45) is 6.02. The topological polar surface area (TPSA) is 63.9 Å². The molecular formula is C23H29NO4. The molecule has 5 nitrogen and oxygen atoms in total. The first-order chi connectivity index (χ1) is 13.8. The van der Waals surface area contributed by atoms with E-state index in [2.05, 4.69) is 17.4 Å². The molecule has 1 heterocycles. The molecule has 0 aliphatic heterocycles. The Morgan fingerprint density at radius 3 is 2.86 bits per heavy atom. The van der Waals surface area contributed by atoms with Gasteiger partial charge in [-0.15, -0.1) is 0 Å². The highest BCUT2D eigenvalue weighted by molar-refractivity contribution is 5.86. The predicted octanol–water partition coefficient (Wildman–Crippen LogP) is 4.32. The quantitative estimate of drug-likeness (QED) is 0.456. The van der Waals surface area contributed by atoms with E-state index in [0.29, 0.717) is 19.7 Å². The van der Waals surface area contributed by atoms with Crippen LogP contribution >= 0.6 is 0 Å². The Labute approximate surface area is 166 Å². The first kappa shape index (κ1) is 20.2. The van der Waals surface area contributed by atoms with Crippen LogP contribution in [0.1, 0.15) is 30.4 Å². The number of aliphatic hydroxyl groups excluding tert-OH is 1. The Bertz CT molecular complexity index is 859. The summed E-state index contributed by atoms with van der Waals surface area (Å²) in [5.41, 5.74) is 3.23. The molecule has 0 saturated heterocycles. The van der Waals surface area contributed by atoms with Crippen molar-refractivity contribution in [1.82, 2.24) is 5.32 Å². The number of nitrogens with one attached hydrogen (secondary N) is 1. The first-order valence-electron chi connectivity index (χ1n) is 9.88. The molecular weight excluding hydrogens is 354 g/mol. The molecule has 0 atom stereocenters. The van der Waals surface area contributed by atoms with Crippen molar-refractivity contribution in [1.29, 1.82) is 0 Å². The van der Waals surface area contributed by atoms with Crippen LogP contribution in [-0.2, 0) is 13.0 Å². The molecule has 0 spiro atoms. The van der Waals surface area contributed by atoms with Gasteiger partial charge in [-0.3, -0.25) is 0 Å². The highest BCUT2D eigenvalue weighted by atomic mass is 16.5. The number of ether oxygens (including phenoxy) is 2. The maximum atomic E-state index is 8.90. The normalized spacial score (nSPS) is 11.1. The monoisotopic (exact) mass is 383 g/mol. The minimum atomic E-state index is 0.125. The maximum absolute atomic E-state index is 8.90. The molecule has 0 fully saturated rings. The fraction of sp³-hybridized carbons (Fsp3) is 0.391. The summed E-state index contributed by atoms with van der Waals surface area (Å²) in [4.78, 5) is 0. The van der Waals surface area contributed by atoms with Crippen molar-refractivity contribution in [2.24, 2.45) is 0 Å². The van der Waals surface area contributed by atoms with E-state index < -0.39 is 0 Å². The van der Waals surface area contributed by atoms with Crippen LogP contribution in [0.2, 0.25) is 0 Å². The van der Waals surface area contributed by atoms with Crippen molar-refractivity contribution < 1.29 is 19.0 Å². The van der Waals surface area contributed by atoms with Gasteiger partial charge in [-0.25, -0.2) is 0 Å². The van der Waals surface area contributed by atoms with E-state index in [4.69, 9.17) is 19.0 Å². The lowest BCUT2D eigenvalue weighted by Gasteiger charge is -2.10. The maximum Gasteiger partial charge on any atom is 0.142 e. The molecule has 2 N–H and O–H groups in total. The number of aryl methyl sites for hydroxylation is 1. The third kappa shape index (κ3) is 5.50. The van der Waals surface area contributed by atoms with Crippen LogP contribution in [-0.4, -0.2) is 32.0 Å². The summed E-state index contributed by atoms with van der Waals surface area (Å²) in [5, 5.41) is 13.1. The van der Waals surface area contributed by atoms with Gasteiger partial charge in [0.2, 0.25) is 0 Å². The minimum absolute atomic E-state index is 0.125. The number of unbranched alkanes of at least 4 members (excludes halogenated alkanes) is 2. The van der Waals surface area contributed by atoms with E-state index in [0.717, 1.165) is 53.7 Å². The second-order valence-corrected chi connectivity index (χ2v) is 6.80. The average Bonchev–Trinajstić information content (AvgIpc) is 3.22. The number of hydrogen-bond acceptors (Lipinski definition) is 5. The number of furan rings is 1. The third-order valence-electron chi connectivity index (χ3n) is 4.76. The molecule has 5 heteroatoms. The Morgan fingerprint density at radius 2 is 2.00 bits per heavy atom. The van der Waals surface area contributed by atoms with Gasteiger partial charge in [0.15, 0.2) is 0 Å². The van der Waals surface area contributed by atoms with Gasteiger partial charge in [0, 0.05) is 18.7 Å². The van der Waals surface area contributed by atoms with Crippen LogP contribution < -0.4 is 14.8 Å². The molecule has 1 aromatic heterocycles. The highest BCUT2D eigenvalue weighted by Crippen LogP contribution is 2.30. The van der Waals surface area contributed by atoms with Gasteiger partial charge in [0.1, 0.15) is 17.1 Å². The van der Waals surface area contributed by atoms with E-state index >= 15 is 0 Å². The second-order valence-electron chi connectivity index (χ2n) is 6.80. The number of methoxy groups -OCH3 is 1. The molecule has 0 radical (unpaired) electrons. The van der Waals surface area contributed by atoms with E-state index in [1.807, 2.05) is 30.3 Å². The van der Waals surface area contributed by atoms with Gasteiger partial charge >= 0.3 is 0 Å². The van der Waals surface area contributed by atoms with E-state index in [1.165, 1.54) is 5.56 Å². The third-order valence-corrected chi connectivity index (χ3v) is 4.76. The lowest BCUT2D eigenvalue weighted by molar-refractivity contribution is 0.292. The fourth-order valence-corrected chi connectivity index (χ4v) is 3.28. The number of benzene rings is 2. The van der Waals surface area contributed by atoms with E-state index in [9.17, 15) is 0 Å². The van der Waals surface area contributed by atoms with Crippen LogP contribution in [0.3, 0.4) is 0 Å². The summed E-state index contributed by atoms with van der Waals surface area (Å²) in [6, 6.07) is 14.2. The number of fused-ring (bicyclic) bond motifs is 1. The molecule has 3 aromatic rings. The van der Waals surface area contributed by atoms with Crippen molar-refractivity contribution in [3.05, 3.63) is 59.9 Å². The van der Waals surface area contributed by atoms with Gasteiger partial charge in [-0.05, 0) is 55.5 Å². The summed E-state index contributed by atoms with van der Waals surface area (Å²) < 4.78 is 16.9. The van der Waals surface area contributed by atoms with Crippen molar-refractivity contribution >= 4 is 11.0 Å². The zero-order chi connectivity index (χ0) is 19.6. The van der Waals surface area contributed by atoms with Crippen LogP contribution in [0.5, 0.6) is 11.5 Å². The fourth-order valence-electron chi connectivity index (χ4n) is 3.28. The molecule has 28 heavy (non-hydrogen) atoms. The van der Waals surface area contributed by atoms with Gasteiger partial charge in [-0.1, -0.05) is 18.2 Å². The van der Waals surface area contributed by atoms with Gasteiger partial charge in [-0.2, -0.15) is 0 Å². The highest BCUT2D eigenvalue weighted by Gasteiger charge is 2.10. The molecule has 150 valence electrons. The first-order valence-corrected chi connectivity index (χ1v) is 9.88. The molecule has 0 unspecified atom stereocenters. The van der Waals surface area contributed by atoms with Crippen molar-refractivity contribution in [2.75, 3.05) is 26.9 Å². The van der Waals surface area contributed by atoms with Crippen LogP contribution in [0.15, 0.2) is 53.1 Å². The molecule has 0 bridgehead atoms. The van der Waals surface area contributed by atoms with Crippen molar-refractivity contribution in [3.63, 3.8) is 0 Å². The summed E-state index contributed by atoms with van der Waals surface area (Å²) in [5.74, 6) is 1.78. The Balaban J connectivity index is 1.44. The minimum Gasteiger partial charge on any atom is -0.497 e. The van der Waals surface area contributed by atoms with E-state index in [1.54, 1.807) is 13.4 Å². The van der Waals surface area contributed by atoms with E-state index in [-0.39, 0.29) is 6.61 Å². The smallest absolute Gasteiger partial charge is 0.142 e. The van der Waals surface area contributed by atoms with Gasteiger partial charge in [0.25, 0.3) is 0 Å². The van der Waals surface area contributed by atoms with Crippen molar-refractivity contribution in [3.8, 4) is 11.5 Å². The average molecular weight is 383 g/mol. The lowest BCUT2D eigenvalue weighted by atomic mass is 10.1. The molecule has 0 amide bonds. The standard InChI is InChI=1S/C23H29NO4/c1-26-20-8-5-7-18(16-20)6-3-2-4-14-27-22-10-9-19(17-24-12-13-25)23-21(22)11-15-28-23/h5,7-11,15-16,24-25H,2-4,6,12-14,17H2,1H3. The van der Waals surface area contributed by atoms with Crippen molar-refractivity contribution in [2.45, 2.75) is 32.2 Å². The number of rotatable bonds is 12. The molecule has 2 aromatic carbocycles. The Kier molecular flexibility index (Phi) is 7.76. The second kappa shape index (κ2) is 10.7. The van der Waals surface area contributed by atoms with Gasteiger partial charge < -0.3 is 24.3 Å². The molecule has 0 aliphatic carbocycles. The summed E-state index contributed by atoms with van der Waals surface area (Å²) in [6.45, 7) is 2.05. The zero-order valence-electron chi connectivity index (χ0n) is 16.4. The van der Waals surface area contributed by atoms with Crippen LogP contribution in [0, 0.1) is 0 Å². The Morgan fingerprint density at radius 1 is 1.07 bits per heavy atom. The molecule has 0 saturated carbocycles. The summed E-state index contributed by atoms with van der Waals surface area (Å²) >= 11 is 0. The molecule has 3 rings (SSSR count). The van der Waals surface area contributed by atoms with Crippen LogP contribution in [0.25, 0.3) is 11.0 Å².